The predicted octanol–water partition coefficient (Wildman–Crippen LogP) is 5.10. The van der Waals surface area contributed by atoms with Crippen LogP contribution in [0, 0.1) is 5.82 Å². The lowest BCUT2D eigenvalue weighted by molar-refractivity contribution is -0.137. The van der Waals surface area contributed by atoms with Crippen LogP contribution in [0.15, 0.2) is 18.3 Å². The van der Waals surface area contributed by atoms with Crippen LogP contribution in [0.1, 0.15) is 43.2 Å². The van der Waals surface area contributed by atoms with Gasteiger partial charge in [0.05, 0.1) is 24.3 Å². The van der Waals surface area contributed by atoms with E-state index in [0.717, 1.165) is 23.9 Å². The van der Waals surface area contributed by atoms with Gasteiger partial charge < -0.3 is 20.1 Å². The van der Waals surface area contributed by atoms with Gasteiger partial charge in [0, 0.05) is 52.6 Å². The Balaban J connectivity index is 1.39. The molecule has 4 aliphatic heterocycles. The lowest BCUT2D eigenvalue weighted by atomic mass is 9.95. The van der Waals surface area contributed by atoms with Crippen molar-refractivity contribution in [3.8, 4) is 23.0 Å². The van der Waals surface area contributed by atoms with Crippen molar-refractivity contribution in [1.29, 1.82) is 0 Å². The minimum Gasteiger partial charge on any atom is -0.508 e. The van der Waals surface area contributed by atoms with Gasteiger partial charge in [-0.1, -0.05) is 11.6 Å². The second kappa shape index (κ2) is 10.0. The number of nitrogens with one attached hydrogen (secondary N) is 1. The zero-order valence-corrected chi connectivity index (χ0v) is 22.7. The van der Waals surface area contributed by atoms with Gasteiger partial charge in [-0.15, -0.1) is 0 Å². The standard InChI is InChI=1S/C28H28ClF5N6O2/c29-20-7-17(41)6-18(21(20)28(32,33)34)23-22(31)24-19(9-35-23)25(39-11-15-2-3-16(12-39)36-15)38-26(37-24)42-13-27-4-1-5-40(27)10-14(30)8-27/h6-7,9,14-16,36,41H,1-5,8,10-13H2/t14-,15-,16+,27+/m1/s1/i5D2,13D2. The lowest BCUT2D eigenvalue weighted by Gasteiger charge is -2.34. The van der Waals surface area contributed by atoms with Crippen molar-refractivity contribution < 1.29 is 37.3 Å². The molecule has 7 rings (SSSR count). The van der Waals surface area contributed by atoms with Crippen LogP contribution in [0.25, 0.3) is 22.2 Å². The topological polar surface area (TPSA) is 86.6 Å². The third-order valence-corrected chi connectivity index (χ3v) is 8.70. The van der Waals surface area contributed by atoms with Gasteiger partial charge in [0.1, 0.15) is 35.5 Å². The van der Waals surface area contributed by atoms with E-state index in [9.17, 15) is 22.7 Å². The van der Waals surface area contributed by atoms with Gasteiger partial charge >= 0.3 is 12.2 Å². The van der Waals surface area contributed by atoms with Crippen molar-refractivity contribution >= 4 is 28.3 Å². The molecule has 4 atom stereocenters. The zero-order chi connectivity index (χ0) is 33.0. The molecule has 0 saturated carbocycles. The van der Waals surface area contributed by atoms with Crippen molar-refractivity contribution in [2.75, 3.05) is 37.6 Å². The second-order valence-electron chi connectivity index (χ2n) is 11.2. The number of aromatic nitrogens is 3. The third-order valence-electron chi connectivity index (χ3n) is 8.40. The van der Waals surface area contributed by atoms with Gasteiger partial charge in [0.15, 0.2) is 5.82 Å². The number of nitrogens with zero attached hydrogens (tertiary/aromatic N) is 5. The monoisotopic (exact) mass is 614 g/mol. The van der Waals surface area contributed by atoms with Crippen LogP contribution < -0.4 is 15.0 Å². The maximum Gasteiger partial charge on any atom is 0.418 e. The number of piperazine rings is 1. The normalized spacial score (nSPS) is 30.6. The Morgan fingerprint density at radius 3 is 2.71 bits per heavy atom. The summed E-state index contributed by atoms with van der Waals surface area (Å²) in [4.78, 5) is 15.5. The van der Waals surface area contributed by atoms with Crippen molar-refractivity contribution in [1.82, 2.24) is 25.2 Å². The molecule has 8 nitrogen and oxygen atoms in total. The highest BCUT2D eigenvalue weighted by Gasteiger charge is 2.49. The number of fused-ring (bicyclic) bond motifs is 4. The van der Waals surface area contributed by atoms with E-state index in [1.807, 2.05) is 4.90 Å². The summed E-state index contributed by atoms with van der Waals surface area (Å²) < 4.78 is 114. The number of aromatic hydroxyl groups is 1. The largest absolute Gasteiger partial charge is 0.508 e. The summed E-state index contributed by atoms with van der Waals surface area (Å²) in [5.74, 6) is -1.87. The summed E-state index contributed by atoms with van der Waals surface area (Å²) in [6, 6.07) is 0.859. The van der Waals surface area contributed by atoms with Gasteiger partial charge in [-0.05, 0) is 44.3 Å². The molecule has 14 heteroatoms. The van der Waals surface area contributed by atoms with E-state index < -0.39 is 75.9 Å². The molecule has 0 spiro atoms. The summed E-state index contributed by atoms with van der Waals surface area (Å²) in [6.07, 6.45) is -4.23. The lowest BCUT2D eigenvalue weighted by Crippen LogP contribution is -2.51. The van der Waals surface area contributed by atoms with Crippen LogP contribution in [-0.4, -0.2) is 81.4 Å². The summed E-state index contributed by atoms with van der Waals surface area (Å²) in [5, 5.41) is 12.7. The minimum absolute atomic E-state index is 0.0250. The Kier molecular flexibility index (Phi) is 5.59. The third kappa shape index (κ3) is 4.69. The summed E-state index contributed by atoms with van der Waals surface area (Å²) >= 11 is 5.85. The molecule has 0 radical (unpaired) electrons. The van der Waals surface area contributed by atoms with E-state index in [4.69, 9.17) is 21.8 Å². The predicted molar refractivity (Wildman–Crippen MR) is 145 cm³/mol. The van der Waals surface area contributed by atoms with E-state index >= 15 is 4.39 Å². The molecule has 3 aromatic rings. The molecule has 42 heavy (non-hydrogen) atoms. The smallest absolute Gasteiger partial charge is 0.418 e. The first-order valence-electron chi connectivity index (χ1n) is 15.6. The second-order valence-corrected chi connectivity index (χ2v) is 11.6. The summed E-state index contributed by atoms with van der Waals surface area (Å²) in [7, 11) is 0. The molecule has 224 valence electrons. The first-order chi connectivity index (χ1) is 21.5. The number of rotatable bonds is 5. The van der Waals surface area contributed by atoms with Crippen LogP contribution in [0.4, 0.5) is 27.8 Å². The highest BCUT2D eigenvalue weighted by atomic mass is 35.5. The molecule has 1 aromatic carbocycles. The molecule has 4 fully saturated rings. The molecule has 4 saturated heterocycles. The van der Waals surface area contributed by atoms with E-state index in [2.05, 4.69) is 20.3 Å². The molecule has 0 unspecified atom stereocenters. The number of alkyl halides is 4. The number of hydrogen-bond acceptors (Lipinski definition) is 8. The minimum atomic E-state index is -5.04. The van der Waals surface area contributed by atoms with Crippen molar-refractivity contribution in [3.63, 3.8) is 0 Å². The first-order valence-corrected chi connectivity index (χ1v) is 13.9. The highest BCUT2D eigenvalue weighted by molar-refractivity contribution is 6.32. The Morgan fingerprint density at radius 1 is 1.21 bits per heavy atom. The SMILES string of the molecule is [2H]C1([2H])CC[C@@]2(C([2H])([2H])Oc3nc(N4C[C@H]5CC[C@@H](C4)N5)c4cnc(-c5cc(O)cc(Cl)c5C(F)(F)F)c(F)c4n3)C[C@@H](F)CN12. The first kappa shape index (κ1) is 23.4. The van der Waals surface area contributed by atoms with Crippen molar-refractivity contribution in [2.24, 2.45) is 0 Å². The summed E-state index contributed by atoms with van der Waals surface area (Å²) in [6.45, 7) is -4.25. The van der Waals surface area contributed by atoms with Gasteiger partial charge in [0.2, 0.25) is 0 Å². The molecule has 0 amide bonds. The van der Waals surface area contributed by atoms with Crippen molar-refractivity contribution in [3.05, 3.63) is 34.7 Å². The van der Waals surface area contributed by atoms with Crippen molar-refractivity contribution in [2.45, 2.75) is 62.1 Å². The number of phenols is 1. The molecule has 6 heterocycles. The van der Waals surface area contributed by atoms with Gasteiger partial charge in [-0.2, -0.15) is 23.1 Å². The number of halogens is 6. The molecule has 2 aromatic heterocycles. The molecule has 2 N–H and O–H groups in total. The Labute approximate surface area is 248 Å². The fourth-order valence-electron chi connectivity index (χ4n) is 6.59. The van der Waals surface area contributed by atoms with Gasteiger partial charge in [-0.25, -0.2) is 8.78 Å². The maximum atomic E-state index is 16.4. The molecule has 4 aliphatic rings. The Morgan fingerprint density at radius 2 is 1.98 bits per heavy atom. The average molecular weight is 615 g/mol. The van der Waals surface area contributed by atoms with Gasteiger partial charge in [-0.3, -0.25) is 9.88 Å². The number of phenolic OH excluding ortho intramolecular Hbond substituents is 1. The highest BCUT2D eigenvalue weighted by Crippen LogP contribution is 2.45. The molecular formula is C28H28ClF5N6O2. The summed E-state index contributed by atoms with van der Waals surface area (Å²) in [5.41, 5.74) is -5.32. The fraction of sp³-hybridized carbons (Fsp3) is 0.536. The van der Waals surface area contributed by atoms with Crippen LogP contribution >= 0.6 is 11.6 Å². The Bertz CT molecular complexity index is 1730. The van der Waals surface area contributed by atoms with E-state index in [0.29, 0.717) is 25.2 Å². The quantitative estimate of drug-likeness (QED) is 0.384. The number of ether oxygens (including phenoxy) is 1. The van der Waals surface area contributed by atoms with Gasteiger partial charge in [0.25, 0.3) is 0 Å². The number of anilines is 1. The maximum absolute atomic E-state index is 16.4. The molecule has 2 bridgehead atoms. The van der Waals surface area contributed by atoms with E-state index in [-0.39, 0.29) is 49.1 Å². The van der Waals surface area contributed by atoms with E-state index in [1.54, 1.807) is 0 Å². The number of hydrogen-bond donors (Lipinski definition) is 2. The van der Waals surface area contributed by atoms with Crippen LogP contribution in [-0.2, 0) is 6.18 Å². The zero-order valence-electron chi connectivity index (χ0n) is 26.0. The fourth-order valence-corrected chi connectivity index (χ4v) is 6.91. The molecule has 0 aliphatic carbocycles. The number of benzene rings is 1. The van der Waals surface area contributed by atoms with Crippen LogP contribution in [0.3, 0.4) is 0 Å². The Hall–Kier alpha value is -3.03. The van der Waals surface area contributed by atoms with Crippen LogP contribution in [0.5, 0.6) is 11.8 Å². The average Bonchev–Trinajstić information content (AvgIpc) is 3.57. The molecular weight excluding hydrogens is 583 g/mol. The number of pyridine rings is 1. The van der Waals surface area contributed by atoms with Crippen LogP contribution in [0.2, 0.25) is 5.02 Å². The van der Waals surface area contributed by atoms with E-state index in [1.165, 1.54) is 0 Å².